The van der Waals surface area contributed by atoms with Crippen LogP contribution in [0.15, 0.2) is 29.2 Å². The largest absolute Gasteiger partial charge is 0.300 e. The first-order valence-electron chi connectivity index (χ1n) is 6.46. The average Bonchev–Trinajstić information content (AvgIpc) is 2.37. The molecule has 0 bridgehead atoms. The van der Waals surface area contributed by atoms with Gasteiger partial charge in [0, 0.05) is 4.90 Å². The smallest absolute Gasteiger partial charge is 0.103 e. The summed E-state index contributed by atoms with van der Waals surface area (Å²) in [6.07, 6.45) is 1.95. The third-order valence-electron chi connectivity index (χ3n) is 2.99. The van der Waals surface area contributed by atoms with E-state index in [9.17, 15) is 0 Å². The van der Waals surface area contributed by atoms with E-state index in [1.807, 2.05) is 25.6 Å². The van der Waals surface area contributed by atoms with E-state index in [-0.39, 0.29) is 5.54 Å². The molecule has 0 saturated carbocycles. The van der Waals surface area contributed by atoms with Crippen molar-refractivity contribution in [3.05, 3.63) is 29.8 Å². The van der Waals surface area contributed by atoms with Crippen LogP contribution < -0.4 is 5.32 Å². The molecule has 0 fully saturated rings. The van der Waals surface area contributed by atoms with Gasteiger partial charge in [0.1, 0.15) is 5.54 Å². The van der Waals surface area contributed by atoms with Gasteiger partial charge in [0.05, 0.1) is 6.07 Å². The lowest BCUT2D eigenvalue weighted by Crippen LogP contribution is -2.40. The van der Waals surface area contributed by atoms with Crippen molar-refractivity contribution in [1.82, 2.24) is 5.32 Å². The summed E-state index contributed by atoms with van der Waals surface area (Å²) < 4.78 is 0. The van der Waals surface area contributed by atoms with Crippen LogP contribution in [0, 0.1) is 18.3 Å². The highest BCUT2D eigenvalue weighted by Gasteiger charge is 2.21. The molecule has 0 spiro atoms. The van der Waals surface area contributed by atoms with E-state index in [0.29, 0.717) is 0 Å². The molecule has 1 unspecified atom stereocenters. The lowest BCUT2D eigenvalue weighted by Gasteiger charge is -2.22. The maximum Gasteiger partial charge on any atom is 0.103 e. The average molecular weight is 262 g/mol. The van der Waals surface area contributed by atoms with Crippen LogP contribution in [0.2, 0.25) is 0 Å². The molecule has 1 N–H and O–H groups in total. The molecule has 0 aliphatic heterocycles. The zero-order chi connectivity index (χ0) is 13.4. The molecule has 0 radical (unpaired) electrons. The first kappa shape index (κ1) is 15.1. The number of aryl methyl sites for hydroxylation is 1. The number of hydrogen-bond acceptors (Lipinski definition) is 3. The topological polar surface area (TPSA) is 35.8 Å². The van der Waals surface area contributed by atoms with Gasteiger partial charge in [-0.1, -0.05) is 25.1 Å². The molecule has 1 atom stereocenters. The Morgan fingerprint density at radius 1 is 1.39 bits per heavy atom. The van der Waals surface area contributed by atoms with Gasteiger partial charge in [0.25, 0.3) is 0 Å². The molecule has 18 heavy (non-hydrogen) atoms. The van der Waals surface area contributed by atoms with Gasteiger partial charge in [-0.15, -0.1) is 11.8 Å². The summed E-state index contributed by atoms with van der Waals surface area (Å²) in [6.45, 7) is 7.00. The molecular formula is C15H22N2S. The number of thioether (sulfide) groups is 1. The predicted octanol–water partition coefficient (Wildman–Crippen LogP) is 3.76. The fourth-order valence-corrected chi connectivity index (χ4v) is 2.88. The first-order valence-corrected chi connectivity index (χ1v) is 7.44. The summed E-state index contributed by atoms with van der Waals surface area (Å²) >= 11 is 1.88. The molecule has 0 saturated heterocycles. The summed E-state index contributed by atoms with van der Waals surface area (Å²) in [4.78, 5) is 1.35. The van der Waals surface area contributed by atoms with E-state index >= 15 is 0 Å². The van der Waals surface area contributed by atoms with Crippen LogP contribution in [-0.2, 0) is 0 Å². The lowest BCUT2D eigenvalue weighted by molar-refractivity contribution is 0.426. The highest BCUT2D eigenvalue weighted by molar-refractivity contribution is 7.99. The van der Waals surface area contributed by atoms with Gasteiger partial charge >= 0.3 is 0 Å². The Hall–Kier alpha value is -0.980. The number of nitriles is 1. The molecule has 2 nitrogen and oxygen atoms in total. The first-order chi connectivity index (χ1) is 8.61. The van der Waals surface area contributed by atoms with Gasteiger partial charge in [-0.3, -0.25) is 5.32 Å². The van der Waals surface area contributed by atoms with Gasteiger partial charge in [-0.05, 0) is 50.6 Å². The van der Waals surface area contributed by atoms with Crippen LogP contribution in [0.3, 0.4) is 0 Å². The quantitative estimate of drug-likeness (QED) is 0.600. The summed E-state index contributed by atoms with van der Waals surface area (Å²) in [5.74, 6) is 1.06. The normalized spacial score (nSPS) is 13.9. The second kappa shape index (κ2) is 7.45. The predicted molar refractivity (Wildman–Crippen MR) is 78.8 cm³/mol. The lowest BCUT2D eigenvalue weighted by atomic mass is 9.98. The highest BCUT2D eigenvalue weighted by Crippen LogP contribution is 2.24. The van der Waals surface area contributed by atoms with Gasteiger partial charge in [0.2, 0.25) is 0 Å². The van der Waals surface area contributed by atoms with E-state index < -0.39 is 0 Å². The van der Waals surface area contributed by atoms with Crippen molar-refractivity contribution in [3.63, 3.8) is 0 Å². The van der Waals surface area contributed by atoms with Gasteiger partial charge in [-0.25, -0.2) is 0 Å². The minimum atomic E-state index is -0.374. The Morgan fingerprint density at radius 2 is 2.11 bits per heavy atom. The monoisotopic (exact) mass is 262 g/mol. The molecule has 0 aliphatic rings. The molecule has 1 rings (SSSR count). The summed E-state index contributed by atoms with van der Waals surface area (Å²) in [5.41, 5.74) is 0.957. The van der Waals surface area contributed by atoms with Crippen LogP contribution >= 0.6 is 11.8 Å². The SMILES string of the molecule is CCNC(C)(C#N)CCCSc1ccccc1C. The maximum absolute atomic E-state index is 9.16. The van der Waals surface area contributed by atoms with Crippen LogP contribution in [0.1, 0.15) is 32.3 Å². The van der Waals surface area contributed by atoms with Crippen molar-refractivity contribution < 1.29 is 0 Å². The van der Waals surface area contributed by atoms with Crippen molar-refractivity contribution in [2.75, 3.05) is 12.3 Å². The Morgan fingerprint density at radius 3 is 2.72 bits per heavy atom. The van der Waals surface area contributed by atoms with Crippen molar-refractivity contribution >= 4 is 11.8 Å². The van der Waals surface area contributed by atoms with Crippen LogP contribution in [0.5, 0.6) is 0 Å². The zero-order valence-corrected chi connectivity index (χ0v) is 12.3. The third kappa shape index (κ3) is 4.72. The molecule has 1 aromatic rings. The number of hydrogen-bond donors (Lipinski definition) is 1. The van der Waals surface area contributed by atoms with E-state index in [2.05, 4.69) is 42.6 Å². The van der Waals surface area contributed by atoms with Crippen LogP contribution in [0.25, 0.3) is 0 Å². The van der Waals surface area contributed by atoms with E-state index in [1.165, 1.54) is 10.5 Å². The number of benzene rings is 1. The standard InChI is InChI=1S/C15H22N2S/c1-4-17-15(3,12-16)10-7-11-18-14-9-6-5-8-13(14)2/h5-6,8-9,17H,4,7,10-11H2,1-3H3. The molecular weight excluding hydrogens is 240 g/mol. The molecule has 98 valence electrons. The van der Waals surface area contributed by atoms with Crippen molar-refractivity contribution in [1.29, 1.82) is 5.26 Å². The summed E-state index contributed by atoms with van der Waals surface area (Å²) in [5, 5.41) is 12.4. The molecule has 3 heteroatoms. The molecule has 0 aromatic heterocycles. The van der Waals surface area contributed by atoms with Gasteiger partial charge < -0.3 is 0 Å². The van der Waals surface area contributed by atoms with Crippen molar-refractivity contribution in [3.8, 4) is 6.07 Å². The summed E-state index contributed by atoms with van der Waals surface area (Å²) in [6, 6.07) is 10.8. The second-order valence-corrected chi connectivity index (χ2v) is 5.83. The minimum Gasteiger partial charge on any atom is -0.300 e. The Balaban J connectivity index is 2.35. The number of nitrogens with zero attached hydrogens (tertiary/aromatic N) is 1. The van der Waals surface area contributed by atoms with Gasteiger partial charge in [-0.2, -0.15) is 5.26 Å². The molecule has 1 aromatic carbocycles. The Labute approximate surface area is 115 Å². The van der Waals surface area contributed by atoms with Crippen molar-refractivity contribution in [2.24, 2.45) is 0 Å². The summed E-state index contributed by atoms with van der Waals surface area (Å²) in [7, 11) is 0. The third-order valence-corrected chi connectivity index (χ3v) is 4.25. The fourth-order valence-electron chi connectivity index (χ4n) is 1.90. The number of nitrogens with one attached hydrogen (secondary N) is 1. The molecule has 0 amide bonds. The Kier molecular flexibility index (Phi) is 6.24. The number of rotatable bonds is 7. The van der Waals surface area contributed by atoms with Crippen molar-refractivity contribution in [2.45, 2.75) is 44.0 Å². The molecule has 0 aliphatic carbocycles. The zero-order valence-electron chi connectivity index (χ0n) is 11.5. The van der Waals surface area contributed by atoms with E-state index in [0.717, 1.165) is 25.1 Å². The highest BCUT2D eigenvalue weighted by atomic mass is 32.2. The minimum absolute atomic E-state index is 0.374. The second-order valence-electron chi connectivity index (χ2n) is 4.69. The van der Waals surface area contributed by atoms with Crippen LogP contribution in [-0.4, -0.2) is 17.8 Å². The van der Waals surface area contributed by atoms with E-state index in [4.69, 9.17) is 5.26 Å². The molecule has 0 heterocycles. The fraction of sp³-hybridized carbons (Fsp3) is 0.533. The van der Waals surface area contributed by atoms with Crippen LogP contribution in [0.4, 0.5) is 0 Å². The maximum atomic E-state index is 9.16. The van der Waals surface area contributed by atoms with Gasteiger partial charge in [0.15, 0.2) is 0 Å². The Bertz CT molecular complexity index is 411. The van der Waals surface area contributed by atoms with E-state index in [1.54, 1.807) is 0 Å².